The maximum atomic E-state index is 14.3. The van der Waals surface area contributed by atoms with Crippen molar-refractivity contribution in [3.63, 3.8) is 0 Å². The molecule has 2 heteroatoms. The second kappa shape index (κ2) is 10.1. The maximum absolute atomic E-state index is 14.3. The lowest BCUT2D eigenvalue weighted by Gasteiger charge is -2.37. The van der Waals surface area contributed by atoms with Gasteiger partial charge in [-0.05, 0) is 105 Å². The molecule has 0 spiro atoms. The number of halogens is 2. The Hall–Kier alpha value is -0.920. The van der Waals surface area contributed by atoms with Crippen LogP contribution < -0.4 is 0 Å². The fourth-order valence-electron chi connectivity index (χ4n) is 6.92. The lowest BCUT2D eigenvalue weighted by molar-refractivity contribution is 0.143. The molecule has 0 nitrogen and oxygen atoms in total. The molecule has 0 bridgehead atoms. The van der Waals surface area contributed by atoms with Crippen LogP contribution in [-0.4, -0.2) is 0 Å². The van der Waals surface area contributed by atoms with Crippen LogP contribution in [0.3, 0.4) is 0 Å². The summed E-state index contributed by atoms with van der Waals surface area (Å²) < 4.78 is 28.3. The molecule has 0 radical (unpaired) electrons. The van der Waals surface area contributed by atoms with Gasteiger partial charge < -0.3 is 0 Å². The summed E-state index contributed by atoms with van der Waals surface area (Å²) >= 11 is 0. The number of benzene rings is 1. The minimum atomic E-state index is -0.645. The molecule has 168 valence electrons. The molecule has 30 heavy (non-hydrogen) atoms. The molecule has 0 saturated heterocycles. The predicted molar refractivity (Wildman–Crippen MR) is 122 cm³/mol. The Morgan fingerprint density at radius 1 is 0.667 bits per heavy atom. The molecule has 4 rings (SSSR count). The average Bonchev–Trinajstić information content (AvgIpc) is 2.78. The van der Waals surface area contributed by atoms with E-state index in [1.165, 1.54) is 77.0 Å². The van der Waals surface area contributed by atoms with Gasteiger partial charge in [-0.2, -0.15) is 0 Å². The minimum Gasteiger partial charge on any atom is -0.203 e. The molecule has 3 aliphatic carbocycles. The van der Waals surface area contributed by atoms with Crippen molar-refractivity contribution < 1.29 is 8.78 Å². The average molecular weight is 417 g/mol. The molecular weight excluding hydrogens is 374 g/mol. The molecule has 0 atom stereocenters. The van der Waals surface area contributed by atoms with Crippen LogP contribution in [0.25, 0.3) is 0 Å². The van der Waals surface area contributed by atoms with E-state index in [9.17, 15) is 8.78 Å². The zero-order valence-electron chi connectivity index (χ0n) is 19.3. The van der Waals surface area contributed by atoms with Crippen molar-refractivity contribution >= 4 is 0 Å². The van der Waals surface area contributed by atoms with Crippen LogP contribution in [-0.2, 0) is 0 Å². The van der Waals surface area contributed by atoms with Gasteiger partial charge in [0.05, 0.1) is 0 Å². The van der Waals surface area contributed by atoms with Crippen molar-refractivity contribution in [2.75, 3.05) is 0 Å². The Balaban J connectivity index is 1.17. The van der Waals surface area contributed by atoms with Crippen molar-refractivity contribution in [1.82, 2.24) is 0 Å². The Bertz CT molecular complexity index is 672. The zero-order valence-corrected chi connectivity index (χ0v) is 19.3. The molecular formula is C28H42F2. The van der Waals surface area contributed by atoms with Crippen molar-refractivity contribution in [3.8, 4) is 0 Å². The first kappa shape index (κ1) is 22.3. The summed E-state index contributed by atoms with van der Waals surface area (Å²) in [5.41, 5.74) is 1.03. The second-order valence-corrected chi connectivity index (χ2v) is 11.2. The molecule has 1 aromatic carbocycles. The number of hydrogen-bond acceptors (Lipinski definition) is 0. The summed E-state index contributed by atoms with van der Waals surface area (Å²) in [6.45, 7) is 4.07. The molecule has 0 N–H and O–H groups in total. The largest absolute Gasteiger partial charge is 0.203 e. The molecule has 0 amide bonds. The molecule has 3 saturated carbocycles. The van der Waals surface area contributed by atoms with E-state index in [1.54, 1.807) is 13.0 Å². The van der Waals surface area contributed by atoms with Crippen molar-refractivity contribution in [2.45, 2.75) is 110 Å². The van der Waals surface area contributed by atoms with Crippen LogP contribution in [0, 0.1) is 48.1 Å². The van der Waals surface area contributed by atoms with E-state index in [0.717, 1.165) is 42.4 Å². The smallest absolute Gasteiger partial charge is 0.162 e. The van der Waals surface area contributed by atoms with Gasteiger partial charge in [-0.3, -0.25) is 0 Å². The molecule has 0 heterocycles. The summed E-state index contributed by atoms with van der Waals surface area (Å²) in [5, 5.41) is 0. The number of rotatable bonds is 5. The van der Waals surface area contributed by atoms with E-state index in [2.05, 4.69) is 6.92 Å². The summed E-state index contributed by atoms with van der Waals surface area (Å²) in [4.78, 5) is 0. The summed E-state index contributed by atoms with van der Waals surface area (Å²) in [6, 6.07) is 3.56. The second-order valence-electron chi connectivity index (χ2n) is 11.2. The van der Waals surface area contributed by atoms with Gasteiger partial charge in [0.15, 0.2) is 11.6 Å². The molecule has 1 aromatic rings. The highest BCUT2D eigenvalue weighted by molar-refractivity contribution is 5.28. The standard InChI is InChI=1S/C28H42F2/c1-19-3-12-23(13-4-19)24-14-8-21(9-15-24)6-7-22-10-16-25(17-11-22)26-18-5-20(2)27(29)28(26)30/h5,18-19,21-25H,3-4,6-17H2,1-2H3. The lowest BCUT2D eigenvalue weighted by atomic mass is 9.68. The summed E-state index contributed by atoms with van der Waals surface area (Å²) in [7, 11) is 0. The Kier molecular flexibility index (Phi) is 7.53. The van der Waals surface area contributed by atoms with Crippen LogP contribution in [0.4, 0.5) is 8.78 Å². The fraction of sp³-hybridized carbons (Fsp3) is 0.786. The molecule has 0 unspecified atom stereocenters. The van der Waals surface area contributed by atoms with Crippen molar-refractivity contribution in [2.24, 2.45) is 29.6 Å². The van der Waals surface area contributed by atoms with Gasteiger partial charge in [-0.25, -0.2) is 8.78 Å². The Labute approximate surface area is 183 Å². The van der Waals surface area contributed by atoms with E-state index >= 15 is 0 Å². The number of hydrogen-bond donors (Lipinski definition) is 0. The van der Waals surface area contributed by atoms with Crippen LogP contribution in [0.2, 0.25) is 0 Å². The first-order chi connectivity index (χ1) is 14.5. The Morgan fingerprint density at radius 3 is 1.73 bits per heavy atom. The predicted octanol–water partition coefficient (Wildman–Crippen LogP) is 8.96. The van der Waals surface area contributed by atoms with Gasteiger partial charge in [-0.15, -0.1) is 0 Å². The summed E-state index contributed by atoms with van der Waals surface area (Å²) in [6.07, 6.45) is 19.0. The van der Waals surface area contributed by atoms with Crippen LogP contribution >= 0.6 is 0 Å². The third kappa shape index (κ3) is 5.28. The lowest BCUT2D eigenvalue weighted by Crippen LogP contribution is -2.25. The van der Waals surface area contributed by atoms with Gasteiger partial charge in [0.1, 0.15) is 0 Å². The quantitative estimate of drug-likeness (QED) is 0.449. The van der Waals surface area contributed by atoms with Crippen molar-refractivity contribution in [3.05, 3.63) is 34.9 Å². The van der Waals surface area contributed by atoms with Gasteiger partial charge in [0.25, 0.3) is 0 Å². The highest BCUT2D eigenvalue weighted by Crippen LogP contribution is 2.44. The highest BCUT2D eigenvalue weighted by Gasteiger charge is 2.31. The van der Waals surface area contributed by atoms with Crippen LogP contribution in [0.1, 0.15) is 114 Å². The first-order valence-electron chi connectivity index (χ1n) is 13.0. The first-order valence-corrected chi connectivity index (χ1v) is 13.0. The van der Waals surface area contributed by atoms with Gasteiger partial charge >= 0.3 is 0 Å². The normalized spacial score (nSPS) is 35.3. The van der Waals surface area contributed by atoms with Crippen LogP contribution in [0.5, 0.6) is 0 Å². The van der Waals surface area contributed by atoms with Gasteiger partial charge in [0, 0.05) is 0 Å². The van der Waals surface area contributed by atoms with Gasteiger partial charge in [-0.1, -0.05) is 57.6 Å². The monoisotopic (exact) mass is 416 g/mol. The van der Waals surface area contributed by atoms with Gasteiger partial charge in [0.2, 0.25) is 0 Å². The number of aryl methyl sites for hydroxylation is 1. The fourth-order valence-corrected chi connectivity index (χ4v) is 6.92. The molecule has 0 aromatic heterocycles. The van der Waals surface area contributed by atoms with Crippen molar-refractivity contribution in [1.29, 1.82) is 0 Å². The SMILES string of the molecule is Cc1ccc(C2CCC(CCC3CCC(C4CCC(C)CC4)CC3)CC2)c(F)c1F. The Morgan fingerprint density at radius 2 is 1.17 bits per heavy atom. The third-order valence-corrected chi connectivity index (χ3v) is 9.19. The summed E-state index contributed by atoms with van der Waals surface area (Å²) in [5.74, 6) is 3.75. The highest BCUT2D eigenvalue weighted by atomic mass is 19.2. The topological polar surface area (TPSA) is 0 Å². The van der Waals surface area contributed by atoms with Crippen LogP contribution in [0.15, 0.2) is 12.1 Å². The molecule has 3 aliphatic rings. The minimum absolute atomic E-state index is 0.213. The van der Waals surface area contributed by atoms with E-state index in [4.69, 9.17) is 0 Å². The van der Waals surface area contributed by atoms with E-state index in [-0.39, 0.29) is 5.92 Å². The zero-order chi connectivity index (χ0) is 21.1. The molecule has 0 aliphatic heterocycles. The molecule has 3 fully saturated rings. The third-order valence-electron chi connectivity index (χ3n) is 9.19. The maximum Gasteiger partial charge on any atom is 0.162 e. The van der Waals surface area contributed by atoms with E-state index < -0.39 is 11.6 Å². The van der Waals surface area contributed by atoms with E-state index in [0.29, 0.717) is 11.1 Å². The van der Waals surface area contributed by atoms with E-state index in [1.807, 2.05) is 6.07 Å².